The van der Waals surface area contributed by atoms with E-state index in [-0.39, 0.29) is 17.9 Å². The Morgan fingerprint density at radius 2 is 2.10 bits per heavy atom. The van der Waals surface area contributed by atoms with Crippen LogP contribution in [0.2, 0.25) is 0 Å². The van der Waals surface area contributed by atoms with Crippen molar-refractivity contribution in [1.29, 1.82) is 0 Å². The molecule has 4 nitrogen and oxygen atoms in total. The van der Waals surface area contributed by atoms with Gasteiger partial charge in [0.05, 0.1) is 13.0 Å². The van der Waals surface area contributed by atoms with Crippen LogP contribution in [-0.2, 0) is 4.79 Å². The molecule has 20 heavy (non-hydrogen) atoms. The monoisotopic (exact) mass is 274 g/mol. The molecule has 1 aromatic rings. The Labute approximate surface area is 119 Å². The lowest BCUT2D eigenvalue weighted by Crippen LogP contribution is -2.42. The number of benzene rings is 1. The molecule has 4 atom stereocenters. The summed E-state index contributed by atoms with van der Waals surface area (Å²) in [4.78, 5) is 12.5. The average molecular weight is 274 g/mol. The van der Waals surface area contributed by atoms with E-state index in [1.807, 2.05) is 25.1 Å². The van der Waals surface area contributed by atoms with Crippen LogP contribution in [-0.4, -0.2) is 19.1 Å². The number of hydrogen-bond donors (Lipinski definition) is 2. The fourth-order valence-corrected chi connectivity index (χ4v) is 3.91. The zero-order valence-electron chi connectivity index (χ0n) is 12.1. The highest BCUT2D eigenvalue weighted by molar-refractivity contribution is 5.93. The molecule has 2 saturated carbocycles. The van der Waals surface area contributed by atoms with E-state index in [4.69, 9.17) is 10.5 Å². The van der Waals surface area contributed by atoms with Crippen LogP contribution in [0.4, 0.5) is 5.69 Å². The first-order chi connectivity index (χ1) is 9.60. The minimum atomic E-state index is -0.0174. The van der Waals surface area contributed by atoms with Gasteiger partial charge in [-0.2, -0.15) is 0 Å². The van der Waals surface area contributed by atoms with Crippen molar-refractivity contribution in [1.82, 2.24) is 0 Å². The molecule has 0 spiro atoms. The first-order valence-electron chi connectivity index (χ1n) is 7.31. The Bertz CT molecular complexity index is 527. The molecular formula is C16H22N2O2. The Hall–Kier alpha value is -1.55. The number of rotatable bonds is 3. The molecule has 2 aliphatic carbocycles. The molecule has 4 unspecified atom stereocenters. The van der Waals surface area contributed by atoms with E-state index in [1.54, 1.807) is 7.11 Å². The van der Waals surface area contributed by atoms with Gasteiger partial charge in [-0.1, -0.05) is 0 Å². The molecule has 2 fully saturated rings. The second kappa shape index (κ2) is 5.09. The fraction of sp³-hybridized carbons (Fsp3) is 0.562. The van der Waals surface area contributed by atoms with Crippen LogP contribution in [0.1, 0.15) is 24.8 Å². The predicted octanol–water partition coefficient (Wildman–Crippen LogP) is 2.32. The van der Waals surface area contributed by atoms with Gasteiger partial charge in [0.25, 0.3) is 0 Å². The lowest BCUT2D eigenvalue weighted by atomic mass is 9.84. The molecule has 2 aliphatic rings. The first-order valence-corrected chi connectivity index (χ1v) is 7.31. The van der Waals surface area contributed by atoms with Crippen LogP contribution in [0.3, 0.4) is 0 Å². The van der Waals surface area contributed by atoms with Crippen LogP contribution in [0, 0.1) is 24.7 Å². The van der Waals surface area contributed by atoms with Gasteiger partial charge in [-0.15, -0.1) is 0 Å². The maximum Gasteiger partial charge on any atom is 0.229 e. The maximum absolute atomic E-state index is 12.5. The number of ether oxygens (including phenoxy) is 1. The number of amides is 1. The van der Waals surface area contributed by atoms with Crippen LogP contribution in [0.25, 0.3) is 0 Å². The van der Waals surface area contributed by atoms with E-state index in [0.717, 1.165) is 29.8 Å². The Morgan fingerprint density at radius 3 is 2.70 bits per heavy atom. The highest BCUT2D eigenvalue weighted by atomic mass is 16.5. The van der Waals surface area contributed by atoms with Crippen molar-refractivity contribution >= 4 is 11.6 Å². The summed E-state index contributed by atoms with van der Waals surface area (Å²) in [5.41, 5.74) is 8.05. The van der Waals surface area contributed by atoms with Crippen molar-refractivity contribution in [2.24, 2.45) is 23.5 Å². The van der Waals surface area contributed by atoms with Crippen molar-refractivity contribution in [2.45, 2.75) is 32.2 Å². The fourth-order valence-electron chi connectivity index (χ4n) is 3.91. The van der Waals surface area contributed by atoms with Crippen molar-refractivity contribution in [3.05, 3.63) is 23.8 Å². The molecule has 2 bridgehead atoms. The van der Waals surface area contributed by atoms with Crippen molar-refractivity contribution in [2.75, 3.05) is 12.4 Å². The normalized spacial score (nSPS) is 31.4. The number of fused-ring (bicyclic) bond motifs is 2. The van der Waals surface area contributed by atoms with Gasteiger partial charge < -0.3 is 15.8 Å². The van der Waals surface area contributed by atoms with E-state index in [9.17, 15) is 4.79 Å². The Morgan fingerprint density at radius 1 is 1.35 bits per heavy atom. The summed E-state index contributed by atoms with van der Waals surface area (Å²) in [5, 5.41) is 3.02. The Balaban J connectivity index is 1.72. The number of methoxy groups -OCH3 is 1. The van der Waals surface area contributed by atoms with Gasteiger partial charge >= 0.3 is 0 Å². The van der Waals surface area contributed by atoms with Gasteiger partial charge in [0, 0.05) is 11.7 Å². The standard InChI is InChI=1S/C16H22N2O2/c1-9-7-12(5-6-13(9)20-2)18-16(19)14-10-3-4-11(8-10)15(14)17/h5-7,10-11,14-15H,3-4,8,17H2,1-2H3,(H,18,19). The number of hydrogen-bond acceptors (Lipinski definition) is 3. The third-order valence-electron chi connectivity index (χ3n) is 4.95. The number of nitrogens with one attached hydrogen (secondary N) is 1. The zero-order chi connectivity index (χ0) is 14.3. The topological polar surface area (TPSA) is 64.3 Å². The molecule has 0 radical (unpaired) electrons. The average Bonchev–Trinajstić information content (AvgIpc) is 2.99. The largest absolute Gasteiger partial charge is 0.496 e. The summed E-state index contributed by atoms with van der Waals surface area (Å²) < 4.78 is 5.23. The van der Waals surface area contributed by atoms with E-state index in [0.29, 0.717) is 11.8 Å². The number of carbonyl (C=O) groups excluding carboxylic acids is 1. The lowest BCUT2D eigenvalue weighted by molar-refractivity contribution is -0.121. The summed E-state index contributed by atoms with van der Waals surface area (Å²) in [5.74, 6) is 1.92. The quantitative estimate of drug-likeness (QED) is 0.889. The van der Waals surface area contributed by atoms with Gasteiger partial charge in [-0.05, 0) is 61.8 Å². The van der Waals surface area contributed by atoms with Crippen molar-refractivity contribution < 1.29 is 9.53 Å². The van der Waals surface area contributed by atoms with Crippen LogP contribution in [0.5, 0.6) is 5.75 Å². The van der Waals surface area contributed by atoms with Crippen molar-refractivity contribution in [3.63, 3.8) is 0 Å². The summed E-state index contributed by atoms with van der Waals surface area (Å²) in [6.07, 6.45) is 3.47. The second-order valence-electron chi connectivity index (χ2n) is 6.11. The van der Waals surface area contributed by atoms with Gasteiger partial charge in [0.2, 0.25) is 5.91 Å². The highest BCUT2D eigenvalue weighted by Crippen LogP contribution is 2.47. The number of carbonyl (C=O) groups is 1. The van der Waals surface area contributed by atoms with E-state index >= 15 is 0 Å². The summed E-state index contributed by atoms with van der Waals surface area (Å²) in [6, 6.07) is 5.73. The van der Waals surface area contributed by atoms with E-state index in [2.05, 4.69) is 5.32 Å². The number of nitrogens with two attached hydrogens (primary N) is 1. The minimum Gasteiger partial charge on any atom is -0.496 e. The van der Waals surface area contributed by atoms with Gasteiger partial charge in [0.1, 0.15) is 5.75 Å². The highest BCUT2D eigenvalue weighted by Gasteiger charge is 2.49. The van der Waals surface area contributed by atoms with Crippen LogP contribution < -0.4 is 15.8 Å². The molecule has 108 valence electrons. The number of aryl methyl sites for hydroxylation is 1. The first kappa shape index (κ1) is 13.4. The maximum atomic E-state index is 12.5. The zero-order valence-corrected chi connectivity index (χ0v) is 12.1. The minimum absolute atomic E-state index is 0.0174. The smallest absolute Gasteiger partial charge is 0.229 e. The molecule has 4 heteroatoms. The SMILES string of the molecule is COc1ccc(NC(=O)C2C3CCC(C3)C2N)cc1C. The van der Waals surface area contributed by atoms with Gasteiger partial charge in [0.15, 0.2) is 0 Å². The molecule has 0 saturated heterocycles. The van der Waals surface area contributed by atoms with Crippen molar-refractivity contribution in [3.8, 4) is 5.75 Å². The summed E-state index contributed by atoms with van der Waals surface area (Å²) >= 11 is 0. The van der Waals surface area contributed by atoms with E-state index in [1.165, 1.54) is 6.42 Å². The lowest BCUT2D eigenvalue weighted by Gasteiger charge is -2.27. The molecule has 0 heterocycles. The van der Waals surface area contributed by atoms with Crippen LogP contribution in [0.15, 0.2) is 18.2 Å². The number of anilines is 1. The predicted molar refractivity (Wildman–Crippen MR) is 78.7 cm³/mol. The molecule has 0 aliphatic heterocycles. The molecule has 0 aromatic heterocycles. The van der Waals surface area contributed by atoms with E-state index < -0.39 is 0 Å². The van der Waals surface area contributed by atoms with Crippen LogP contribution >= 0.6 is 0 Å². The third-order valence-corrected chi connectivity index (χ3v) is 4.95. The second-order valence-corrected chi connectivity index (χ2v) is 6.11. The molecular weight excluding hydrogens is 252 g/mol. The molecule has 3 rings (SSSR count). The Kier molecular flexibility index (Phi) is 3.42. The van der Waals surface area contributed by atoms with Gasteiger partial charge in [-0.3, -0.25) is 4.79 Å². The summed E-state index contributed by atoms with van der Waals surface area (Å²) in [6.45, 7) is 1.97. The molecule has 3 N–H and O–H groups in total. The molecule has 1 aromatic carbocycles. The molecule has 1 amide bonds. The van der Waals surface area contributed by atoms with Gasteiger partial charge in [-0.25, -0.2) is 0 Å². The third kappa shape index (κ3) is 2.18. The summed E-state index contributed by atoms with van der Waals surface area (Å²) in [7, 11) is 1.65.